The third kappa shape index (κ3) is 3.50. The average Bonchev–Trinajstić information content (AvgIpc) is 3.34. The number of piperidine rings is 1. The molecule has 4 heterocycles. The molecule has 0 aromatic carbocycles. The molecule has 0 bridgehead atoms. The van der Waals surface area contributed by atoms with Crippen LogP contribution >= 0.6 is 11.3 Å². The summed E-state index contributed by atoms with van der Waals surface area (Å²) in [6, 6.07) is 1.93. The number of rotatable bonds is 5. The van der Waals surface area contributed by atoms with Crippen molar-refractivity contribution >= 4 is 11.3 Å². The van der Waals surface area contributed by atoms with Gasteiger partial charge in [0.25, 0.3) is 0 Å². The molecular formula is C17H23N7S. The van der Waals surface area contributed by atoms with Crippen LogP contribution < -0.4 is 0 Å². The van der Waals surface area contributed by atoms with E-state index < -0.39 is 0 Å². The third-order valence-corrected chi connectivity index (χ3v) is 5.95. The van der Waals surface area contributed by atoms with E-state index in [9.17, 15) is 0 Å². The van der Waals surface area contributed by atoms with Crippen molar-refractivity contribution < 1.29 is 0 Å². The number of aryl methyl sites for hydroxylation is 1. The Kier molecular flexibility index (Phi) is 4.63. The van der Waals surface area contributed by atoms with Gasteiger partial charge in [-0.15, -0.1) is 21.5 Å². The first-order valence-corrected chi connectivity index (χ1v) is 9.55. The highest BCUT2D eigenvalue weighted by Gasteiger charge is 2.25. The maximum Gasteiger partial charge on any atom is 0.154 e. The van der Waals surface area contributed by atoms with E-state index in [1.165, 1.54) is 10.6 Å². The highest BCUT2D eigenvalue weighted by Crippen LogP contribution is 2.28. The number of hydrogen-bond donors (Lipinski definition) is 0. The molecule has 3 aromatic heterocycles. The van der Waals surface area contributed by atoms with Crippen LogP contribution in [0.15, 0.2) is 24.0 Å². The largest absolute Gasteiger partial charge is 0.316 e. The van der Waals surface area contributed by atoms with Crippen molar-refractivity contribution in [1.29, 1.82) is 0 Å². The highest BCUT2D eigenvalue weighted by molar-refractivity contribution is 7.09. The van der Waals surface area contributed by atoms with Gasteiger partial charge in [-0.2, -0.15) is 5.10 Å². The smallest absolute Gasteiger partial charge is 0.154 e. The molecule has 1 aliphatic heterocycles. The van der Waals surface area contributed by atoms with E-state index in [2.05, 4.69) is 43.7 Å². The first-order valence-electron chi connectivity index (χ1n) is 8.67. The minimum Gasteiger partial charge on any atom is -0.316 e. The van der Waals surface area contributed by atoms with Gasteiger partial charge in [-0.3, -0.25) is 9.58 Å². The van der Waals surface area contributed by atoms with Crippen molar-refractivity contribution in [2.24, 2.45) is 7.05 Å². The molecule has 0 radical (unpaired) electrons. The standard InChI is InChI=1S/C17H23N7S/c1-13-15(25-12-18-13)10-23-8-4-14(5-9-23)17-21-20-16(22(17)2)11-24-7-3-6-19-24/h3,6-7,12,14H,4-5,8-11H2,1-2H3. The summed E-state index contributed by atoms with van der Waals surface area (Å²) < 4.78 is 4.03. The molecule has 4 rings (SSSR count). The van der Waals surface area contributed by atoms with Gasteiger partial charge in [-0.25, -0.2) is 4.98 Å². The molecule has 0 spiro atoms. The van der Waals surface area contributed by atoms with Crippen LogP contribution in [0, 0.1) is 6.92 Å². The van der Waals surface area contributed by atoms with E-state index in [1.807, 2.05) is 22.5 Å². The van der Waals surface area contributed by atoms with Crippen molar-refractivity contribution in [3.05, 3.63) is 46.2 Å². The zero-order valence-electron chi connectivity index (χ0n) is 14.7. The van der Waals surface area contributed by atoms with Crippen LogP contribution in [-0.2, 0) is 20.1 Å². The summed E-state index contributed by atoms with van der Waals surface area (Å²) in [4.78, 5) is 8.27. The predicted molar refractivity (Wildman–Crippen MR) is 96.4 cm³/mol. The molecule has 1 saturated heterocycles. The molecule has 1 fully saturated rings. The van der Waals surface area contributed by atoms with Crippen molar-refractivity contribution in [3.8, 4) is 0 Å². The summed E-state index contributed by atoms with van der Waals surface area (Å²) in [5.74, 6) is 2.56. The number of nitrogens with zero attached hydrogens (tertiary/aromatic N) is 7. The van der Waals surface area contributed by atoms with Gasteiger partial charge in [-0.1, -0.05) is 0 Å². The Labute approximate surface area is 151 Å². The Morgan fingerprint density at radius 3 is 2.72 bits per heavy atom. The van der Waals surface area contributed by atoms with Gasteiger partial charge in [0.05, 0.1) is 11.2 Å². The van der Waals surface area contributed by atoms with Crippen molar-refractivity contribution in [2.45, 2.75) is 38.8 Å². The van der Waals surface area contributed by atoms with E-state index >= 15 is 0 Å². The van der Waals surface area contributed by atoms with E-state index in [-0.39, 0.29) is 0 Å². The Hall–Kier alpha value is -2.06. The van der Waals surface area contributed by atoms with Crippen LogP contribution in [-0.4, -0.2) is 47.5 Å². The molecule has 0 N–H and O–H groups in total. The van der Waals surface area contributed by atoms with Gasteiger partial charge in [-0.05, 0) is 38.9 Å². The van der Waals surface area contributed by atoms with Crippen LogP contribution in [0.5, 0.6) is 0 Å². The van der Waals surface area contributed by atoms with Crippen LogP contribution in [0.1, 0.15) is 41.0 Å². The van der Waals surface area contributed by atoms with Crippen LogP contribution in [0.25, 0.3) is 0 Å². The Morgan fingerprint density at radius 1 is 1.20 bits per heavy atom. The predicted octanol–water partition coefficient (Wildman–Crippen LogP) is 2.20. The SMILES string of the molecule is Cc1ncsc1CN1CCC(c2nnc(Cn3cccn3)n2C)CC1. The number of likely N-dealkylation sites (tertiary alicyclic amines) is 1. The van der Waals surface area contributed by atoms with Gasteiger partial charge in [0, 0.05) is 36.8 Å². The first kappa shape index (κ1) is 16.4. The molecule has 0 amide bonds. The van der Waals surface area contributed by atoms with Crippen LogP contribution in [0.3, 0.4) is 0 Å². The molecule has 0 atom stereocenters. The lowest BCUT2D eigenvalue weighted by Crippen LogP contribution is -2.33. The maximum absolute atomic E-state index is 4.48. The van der Waals surface area contributed by atoms with Gasteiger partial charge < -0.3 is 4.57 Å². The van der Waals surface area contributed by atoms with E-state index in [1.54, 1.807) is 17.5 Å². The number of hydrogen-bond acceptors (Lipinski definition) is 6. The molecule has 132 valence electrons. The molecule has 3 aromatic rings. The number of aromatic nitrogens is 6. The second-order valence-corrected chi connectivity index (χ2v) is 7.59. The van der Waals surface area contributed by atoms with Crippen LogP contribution in [0.2, 0.25) is 0 Å². The Balaban J connectivity index is 1.38. The van der Waals surface area contributed by atoms with Crippen molar-refractivity contribution in [1.82, 2.24) is 34.4 Å². The fourth-order valence-corrected chi connectivity index (χ4v) is 4.26. The lowest BCUT2D eigenvalue weighted by molar-refractivity contribution is 0.201. The Morgan fingerprint density at radius 2 is 2.04 bits per heavy atom. The quantitative estimate of drug-likeness (QED) is 0.700. The van der Waals surface area contributed by atoms with E-state index in [4.69, 9.17) is 0 Å². The summed E-state index contributed by atoms with van der Waals surface area (Å²) >= 11 is 1.76. The van der Waals surface area contributed by atoms with E-state index in [0.717, 1.165) is 44.1 Å². The van der Waals surface area contributed by atoms with Crippen molar-refractivity contribution in [3.63, 3.8) is 0 Å². The topological polar surface area (TPSA) is 64.7 Å². The summed E-state index contributed by atoms with van der Waals surface area (Å²) in [7, 11) is 2.07. The second kappa shape index (κ2) is 7.05. The molecule has 8 heteroatoms. The molecule has 25 heavy (non-hydrogen) atoms. The molecule has 1 aliphatic rings. The summed E-state index contributed by atoms with van der Waals surface area (Å²) in [6.45, 7) is 5.98. The lowest BCUT2D eigenvalue weighted by Gasteiger charge is -2.31. The fourth-order valence-electron chi connectivity index (χ4n) is 3.44. The van der Waals surface area contributed by atoms with Crippen molar-refractivity contribution in [2.75, 3.05) is 13.1 Å². The summed E-state index contributed by atoms with van der Waals surface area (Å²) in [5, 5.41) is 13.1. The molecule has 7 nitrogen and oxygen atoms in total. The summed E-state index contributed by atoms with van der Waals surface area (Å²) in [5.41, 5.74) is 3.11. The average molecular weight is 357 g/mol. The fraction of sp³-hybridized carbons (Fsp3) is 0.529. The normalized spacial score (nSPS) is 16.6. The zero-order chi connectivity index (χ0) is 17.2. The van der Waals surface area contributed by atoms with Gasteiger partial charge in [0.1, 0.15) is 12.4 Å². The molecule has 0 aliphatic carbocycles. The minimum absolute atomic E-state index is 0.489. The maximum atomic E-state index is 4.48. The van der Waals surface area contributed by atoms with Crippen LogP contribution in [0.4, 0.5) is 0 Å². The molecule has 0 unspecified atom stereocenters. The lowest BCUT2D eigenvalue weighted by atomic mass is 9.96. The molecule has 0 saturated carbocycles. The zero-order valence-corrected chi connectivity index (χ0v) is 15.5. The second-order valence-electron chi connectivity index (χ2n) is 6.65. The number of thiazole rings is 1. The monoisotopic (exact) mass is 357 g/mol. The van der Waals surface area contributed by atoms with Gasteiger partial charge in [0.15, 0.2) is 5.82 Å². The van der Waals surface area contributed by atoms with Gasteiger partial charge in [0.2, 0.25) is 0 Å². The van der Waals surface area contributed by atoms with Gasteiger partial charge >= 0.3 is 0 Å². The molecular weight excluding hydrogens is 334 g/mol. The summed E-state index contributed by atoms with van der Waals surface area (Å²) in [6.07, 6.45) is 6.00. The minimum atomic E-state index is 0.489. The first-order chi connectivity index (χ1) is 12.2. The highest BCUT2D eigenvalue weighted by atomic mass is 32.1. The third-order valence-electron chi connectivity index (χ3n) is 5.03. The Bertz CT molecular complexity index is 812. The van der Waals surface area contributed by atoms with E-state index in [0.29, 0.717) is 12.5 Å².